The van der Waals surface area contributed by atoms with Crippen molar-refractivity contribution in [1.82, 2.24) is 14.8 Å². The van der Waals surface area contributed by atoms with E-state index in [4.69, 9.17) is 17.3 Å². The fourth-order valence-corrected chi connectivity index (χ4v) is 3.35. The zero-order valence-electron chi connectivity index (χ0n) is 12.0. The van der Waals surface area contributed by atoms with E-state index in [1.165, 1.54) is 11.3 Å². The fourth-order valence-electron chi connectivity index (χ4n) is 2.50. The third kappa shape index (κ3) is 3.58. The van der Waals surface area contributed by atoms with Gasteiger partial charge in [-0.1, -0.05) is 11.6 Å². The van der Waals surface area contributed by atoms with Crippen molar-refractivity contribution >= 4 is 34.0 Å². The Hall–Kier alpha value is -1.63. The molecule has 0 aliphatic carbocycles. The molecule has 0 spiro atoms. The number of anilines is 1. The van der Waals surface area contributed by atoms with Crippen LogP contribution in [-0.4, -0.2) is 46.9 Å². The number of rotatable bonds is 3. The minimum Gasteiger partial charge on any atom is -0.375 e. The summed E-state index contributed by atoms with van der Waals surface area (Å²) in [5, 5.41) is 1.25. The molecule has 3 rings (SSSR count). The van der Waals surface area contributed by atoms with Gasteiger partial charge in [-0.2, -0.15) is 0 Å². The summed E-state index contributed by atoms with van der Waals surface area (Å²) in [5.41, 5.74) is 6.34. The normalized spacial score (nSPS) is 16.0. The number of hydrogen-bond donors (Lipinski definition) is 1. The molecule has 1 aromatic heterocycles. The van der Waals surface area contributed by atoms with E-state index < -0.39 is 0 Å². The number of amides is 1. The van der Waals surface area contributed by atoms with Crippen LogP contribution in [0.15, 0.2) is 30.5 Å². The number of piperazine rings is 1. The Morgan fingerprint density at radius 2 is 1.91 bits per heavy atom. The van der Waals surface area contributed by atoms with E-state index in [0.717, 1.165) is 37.6 Å². The van der Waals surface area contributed by atoms with Crippen molar-refractivity contribution in [2.45, 2.75) is 6.54 Å². The molecule has 0 unspecified atom stereocenters. The second-order valence-electron chi connectivity index (χ2n) is 5.24. The van der Waals surface area contributed by atoms with Crippen LogP contribution in [0.25, 0.3) is 0 Å². The molecular formula is C15H17ClN4OS. The van der Waals surface area contributed by atoms with Crippen molar-refractivity contribution in [2.24, 2.45) is 0 Å². The lowest BCUT2D eigenvalue weighted by atomic mass is 10.2. The van der Waals surface area contributed by atoms with Gasteiger partial charge in [0.25, 0.3) is 5.91 Å². The molecule has 7 heteroatoms. The van der Waals surface area contributed by atoms with Gasteiger partial charge in [-0.3, -0.25) is 9.69 Å². The Morgan fingerprint density at radius 3 is 2.50 bits per heavy atom. The fraction of sp³-hybridized carbons (Fsp3) is 0.333. The first-order valence-electron chi connectivity index (χ1n) is 7.09. The van der Waals surface area contributed by atoms with Crippen LogP contribution in [0.2, 0.25) is 5.02 Å². The van der Waals surface area contributed by atoms with Gasteiger partial charge in [0.15, 0.2) is 5.13 Å². The molecule has 1 aliphatic rings. The number of nitrogen functional groups attached to an aromatic ring is 1. The van der Waals surface area contributed by atoms with Crippen LogP contribution in [0.3, 0.4) is 0 Å². The van der Waals surface area contributed by atoms with Crippen molar-refractivity contribution < 1.29 is 4.79 Å². The molecule has 1 aliphatic heterocycles. The van der Waals surface area contributed by atoms with Gasteiger partial charge in [0.05, 0.1) is 0 Å². The maximum absolute atomic E-state index is 12.4. The summed E-state index contributed by atoms with van der Waals surface area (Å²) in [6, 6.07) is 7.05. The van der Waals surface area contributed by atoms with Gasteiger partial charge in [-0.25, -0.2) is 4.98 Å². The quantitative estimate of drug-likeness (QED) is 0.934. The second-order valence-corrected chi connectivity index (χ2v) is 6.82. The Kier molecular flexibility index (Phi) is 4.61. The number of benzene rings is 1. The van der Waals surface area contributed by atoms with Gasteiger partial charge in [-0.05, 0) is 24.3 Å². The summed E-state index contributed by atoms with van der Waals surface area (Å²) < 4.78 is 0. The van der Waals surface area contributed by atoms with Crippen LogP contribution >= 0.6 is 22.9 Å². The lowest BCUT2D eigenvalue weighted by molar-refractivity contribution is 0.0629. The predicted molar refractivity (Wildman–Crippen MR) is 89.2 cm³/mol. The van der Waals surface area contributed by atoms with Gasteiger partial charge in [0.1, 0.15) is 0 Å². The van der Waals surface area contributed by atoms with E-state index >= 15 is 0 Å². The van der Waals surface area contributed by atoms with Crippen LogP contribution in [-0.2, 0) is 6.54 Å². The molecule has 0 saturated carbocycles. The van der Waals surface area contributed by atoms with Gasteiger partial charge >= 0.3 is 0 Å². The summed E-state index contributed by atoms with van der Waals surface area (Å²) in [7, 11) is 0. The molecule has 5 nitrogen and oxygen atoms in total. The molecular weight excluding hydrogens is 320 g/mol. The molecule has 1 saturated heterocycles. The molecule has 1 aromatic carbocycles. The molecule has 2 aromatic rings. The highest BCUT2D eigenvalue weighted by Crippen LogP contribution is 2.18. The second kappa shape index (κ2) is 6.64. The zero-order valence-corrected chi connectivity index (χ0v) is 13.6. The number of carbonyl (C=O) groups is 1. The molecule has 116 valence electrons. The summed E-state index contributed by atoms with van der Waals surface area (Å²) in [6.07, 6.45) is 1.82. The van der Waals surface area contributed by atoms with E-state index in [0.29, 0.717) is 15.7 Å². The lowest BCUT2D eigenvalue weighted by Gasteiger charge is -2.34. The molecule has 0 atom stereocenters. The SMILES string of the molecule is Nc1ncc(CN2CCN(C(=O)c3ccc(Cl)cc3)CC2)s1. The zero-order chi connectivity index (χ0) is 15.5. The van der Waals surface area contributed by atoms with Crippen LogP contribution in [0.4, 0.5) is 5.13 Å². The monoisotopic (exact) mass is 336 g/mol. The van der Waals surface area contributed by atoms with Crippen molar-refractivity contribution in [3.05, 3.63) is 45.9 Å². The number of aromatic nitrogens is 1. The Labute approximate surface area is 138 Å². The minimum absolute atomic E-state index is 0.0679. The highest BCUT2D eigenvalue weighted by molar-refractivity contribution is 7.15. The van der Waals surface area contributed by atoms with Gasteiger partial charge < -0.3 is 10.6 Å². The van der Waals surface area contributed by atoms with Gasteiger partial charge in [0, 0.05) is 54.4 Å². The van der Waals surface area contributed by atoms with Crippen molar-refractivity contribution in [3.63, 3.8) is 0 Å². The molecule has 1 fully saturated rings. The number of halogens is 1. The average molecular weight is 337 g/mol. The molecule has 22 heavy (non-hydrogen) atoms. The number of nitrogens with zero attached hydrogens (tertiary/aromatic N) is 3. The minimum atomic E-state index is 0.0679. The highest BCUT2D eigenvalue weighted by atomic mass is 35.5. The summed E-state index contributed by atoms with van der Waals surface area (Å²) >= 11 is 7.37. The number of thiazole rings is 1. The first-order chi connectivity index (χ1) is 10.6. The third-order valence-corrected chi connectivity index (χ3v) is 4.76. The smallest absolute Gasteiger partial charge is 0.253 e. The predicted octanol–water partition coefficient (Wildman–Crippen LogP) is 2.34. The Bertz CT molecular complexity index is 650. The van der Waals surface area contributed by atoms with Gasteiger partial charge in [-0.15, -0.1) is 11.3 Å². The Morgan fingerprint density at radius 1 is 1.23 bits per heavy atom. The first kappa shape index (κ1) is 15.3. The van der Waals surface area contributed by atoms with Crippen molar-refractivity contribution in [3.8, 4) is 0 Å². The first-order valence-corrected chi connectivity index (χ1v) is 8.28. The van der Waals surface area contributed by atoms with E-state index in [1.807, 2.05) is 11.1 Å². The van der Waals surface area contributed by atoms with Crippen LogP contribution in [0.1, 0.15) is 15.2 Å². The van der Waals surface area contributed by atoms with Crippen LogP contribution in [0, 0.1) is 0 Å². The standard InChI is InChI=1S/C15H17ClN4OS/c16-12-3-1-11(2-4-12)14(21)20-7-5-19(6-8-20)10-13-9-18-15(17)22-13/h1-4,9H,5-8,10H2,(H2,17,18). The molecule has 2 N–H and O–H groups in total. The third-order valence-electron chi connectivity index (χ3n) is 3.70. The summed E-state index contributed by atoms with van der Waals surface area (Å²) in [6.45, 7) is 4.03. The van der Waals surface area contributed by atoms with E-state index in [9.17, 15) is 4.79 Å². The molecule has 2 heterocycles. The Balaban J connectivity index is 1.55. The van der Waals surface area contributed by atoms with E-state index in [-0.39, 0.29) is 5.91 Å². The van der Waals surface area contributed by atoms with E-state index in [1.54, 1.807) is 24.3 Å². The number of nitrogens with two attached hydrogens (primary N) is 1. The maximum Gasteiger partial charge on any atom is 0.253 e. The highest BCUT2D eigenvalue weighted by Gasteiger charge is 2.22. The summed E-state index contributed by atoms with van der Waals surface area (Å²) in [5.74, 6) is 0.0679. The number of carbonyl (C=O) groups excluding carboxylic acids is 1. The topological polar surface area (TPSA) is 62.5 Å². The van der Waals surface area contributed by atoms with Crippen molar-refractivity contribution in [2.75, 3.05) is 31.9 Å². The molecule has 1 amide bonds. The van der Waals surface area contributed by atoms with E-state index in [2.05, 4.69) is 9.88 Å². The van der Waals surface area contributed by atoms with Crippen molar-refractivity contribution in [1.29, 1.82) is 0 Å². The summed E-state index contributed by atoms with van der Waals surface area (Å²) in [4.78, 5) is 21.9. The molecule has 0 radical (unpaired) electrons. The largest absolute Gasteiger partial charge is 0.375 e. The lowest BCUT2D eigenvalue weighted by Crippen LogP contribution is -2.48. The molecule has 0 bridgehead atoms. The maximum atomic E-state index is 12.4. The average Bonchev–Trinajstić information content (AvgIpc) is 2.93. The number of hydrogen-bond acceptors (Lipinski definition) is 5. The van der Waals surface area contributed by atoms with Crippen LogP contribution < -0.4 is 5.73 Å². The van der Waals surface area contributed by atoms with Gasteiger partial charge in [0.2, 0.25) is 0 Å². The van der Waals surface area contributed by atoms with Crippen LogP contribution in [0.5, 0.6) is 0 Å².